The minimum atomic E-state index is -0.826. The van der Waals surface area contributed by atoms with Crippen molar-refractivity contribution in [2.45, 2.75) is 38.1 Å². The second-order valence-corrected chi connectivity index (χ2v) is 5.97. The van der Waals surface area contributed by atoms with Crippen LogP contribution >= 0.6 is 0 Å². The molecule has 0 aromatic heterocycles. The molecule has 0 aliphatic heterocycles. The van der Waals surface area contributed by atoms with Gasteiger partial charge in [0.25, 0.3) is 0 Å². The summed E-state index contributed by atoms with van der Waals surface area (Å²) in [4.78, 5) is 2.14. The smallest absolute Gasteiger partial charge is 0.163 e. The zero-order chi connectivity index (χ0) is 14.5. The zero-order valence-corrected chi connectivity index (χ0v) is 12.1. The van der Waals surface area contributed by atoms with Crippen molar-refractivity contribution in [3.05, 3.63) is 35.4 Å². The van der Waals surface area contributed by atoms with Gasteiger partial charge in [-0.3, -0.25) is 0 Å². The maximum Gasteiger partial charge on any atom is 0.163 e. The average molecular weight is 282 g/mol. The molecule has 2 nitrogen and oxygen atoms in total. The Morgan fingerprint density at radius 2 is 1.95 bits per heavy atom. The Morgan fingerprint density at radius 3 is 2.65 bits per heavy atom. The van der Waals surface area contributed by atoms with Gasteiger partial charge in [0.1, 0.15) is 0 Å². The highest BCUT2D eigenvalue weighted by Crippen LogP contribution is 2.25. The number of hydrogen-bond donors (Lipinski definition) is 1. The number of rotatable bonds is 5. The van der Waals surface area contributed by atoms with Crippen molar-refractivity contribution in [2.24, 2.45) is 11.7 Å². The van der Waals surface area contributed by atoms with Gasteiger partial charge >= 0.3 is 0 Å². The second kappa shape index (κ2) is 7.14. The maximum absolute atomic E-state index is 13.7. The van der Waals surface area contributed by atoms with Gasteiger partial charge in [-0.15, -0.1) is 0 Å². The molecule has 1 aromatic carbocycles. The molecule has 2 N–H and O–H groups in total. The minimum Gasteiger partial charge on any atom is -0.323 e. The van der Waals surface area contributed by atoms with Crippen LogP contribution in [0, 0.1) is 17.6 Å². The van der Waals surface area contributed by atoms with E-state index in [-0.39, 0.29) is 5.56 Å². The summed E-state index contributed by atoms with van der Waals surface area (Å²) in [5.41, 5.74) is 6.29. The highest BCUT2D eigenvalue weighted by molar-refractivity contribution is 5.22. The SMILES string of the molecule is CN(CC1CCCCC1)CC(N)c1cccc(F)c1F. The van der Waals surface area contributed by atoms with E-state index in [0.717, 1.165) is 18.5 Å². The Kier molecular flexibility index (Phi) is 5.49. The summed E-state index contributed by atoms with van der Waals surface area (Å²) in [7, 11) is 2.01. The van der Waals surface area contributed by atoms with Crippen molar-refractivity contribution >= 4 is 0 Å². The lowest BCUT2D eigenvalue weighted by atomic mass is 9.89. The molecule has 20 heavy (non-hydrogen) atoms. The van der Waals surface area contributed by atoms with Gasteiger partial charge in [0, 0.05) is 24.7 Å². The Balaban J connectivity index is 1.89. The van der Waals surface area contributed by atoms with E-state index < -0.39 is 17.7 Å². The summed E-state index contributed by atoms with van der Waals surface area (Å²) in [6, 6.07) is 3.71. The Labute approximate surface area is 120 Å². The first-order chi connectivity index (χ1) is 9.58. The maximum atomic E-state index is 13.7. The summed E-state index contributed by atoms with van der Waals surface area (Å²) < 4.78 is 26.9. The van der Waals surface area contributed by atoms with E-state index in [1.54, 1.807) is 6.07 Å². The third kappa shape index (κ3) is 4.00. The summed E-state index contributed by atoms with van der Waals surface area (Å²) in [5.74, 6) is -0.919. The summed E-state index contributed by atoms with van der Waals surface area (Å²) in [5, 5.41) is 0. The summed E-state index contributed by atoms with van der Waals surface area (Å²) in [6.07, 6.45) is 6.50. The predicted molar refractivity (Wildman–Crippen MR) is 77.4 cm³/mol. The molecule has 0 bridgehead atoms. The molecule has 1 aliphatic rings. The van der Waals surface area contributed by atoms with Crippen LogP contribution in [0.5, 0.6) is 0 Å². The fourth-order valence-electron chi connectivity index (χ4n) is 3.13. The molecule has 1 saturated carbocycles. The van der Waals surface area contributed by atoms with Crippen molar-refractivity contribution in [3.63, 3.8) is 0 Å². The fourth-order valence-corrected chi connectivity index (χ4v) is 3.13. The van der Waals surface area contributed by atoms with Gasteiger partial charge in [0.05, 0.1) is 0 Å². The van der Waals surface area contributed by atoms with E-state index in [4.69, 9.17) is 5.73 Å². The fraction of sp³-hybridized carbons (Fsp3) is 0.625. The first-order valence-corrected chi connectivity index (χ1v) is 7.46. The van der Waals surface area contributed by atoms with Crippen LogP contribution in [0.15, 0.2) is 18.2 Å². The molecule has 2 rings (SSSR count). The molecule has 1 fully saturated rings. The highest BCUT2D eigenvalue weighted by atomic mass is 19.2. The predicted octanol–water partition coefficient (Wildman–Crippen LogP) is 3.48. The second-order valence-electron chi connectivity index (χ2n) is 5.97. The van der Waals surface area contributed by atoms with E-state index in [1.165, 1.54) is 38.2 Å². The molecular formula is C16H24F2N2. The number of nitrogens with two attached hydrogens (primary N) is 1. The van der Waals surface area contributed by atoms with Crippen LogP contribution < -0.4 is 5.73 Å². The van der Waals surface area contributed by atoms with E-state index in [9.17, 15) is 8.78 Å². The molecule has 0 heterocycles. The number of benzene rings is 1. The van der Waals surface area contributed by atoms with Gasteiger partial charge in [-0.05, 0) is 31.9 Å². The van der Waals surface area contributed by atoms with E-state index >= 15 is 0 Å². The average Bonchev–Trinajstić information content (AvgIpc) is 2.42. The Hall–Kier alpha value is -1.00. The standard InChI is InChI=1S/C16H24F2N2/c1-20(10-12-6-3-2-4-7-12)11-15(19)13-8-5-9-14(17)16(13)18/h5,8-9,12,15H,2-4,6-7,10-11,19H2,1H3. The molecule has 112 valence electrons. The van der Waals surface area contributed by atoms with Crippen LogP contribution in [-0.2, 0) is 0 Å². The Morgan fingerprint density at radius 1 is 1.25 bits per heavy atom. The van der Waals surface area contributed by atoms with Crippen LogP contribution in [0.4, 0.5) is 8.78 Å². The molecule has 0 saturated heterocycles. The molecule has 1 aromatic rings. The zero-order valence-electron chi connectivity index (χ0n) is 12.1. The normalized spacial score (nSPS) is 18.4. The van der Waals surface area contributed by atoms with Gasteiger partial charge in [0.15, 0.2) is 11.6 Å². The van der Waals surface area contributed by atoms with Crippen LogP contribution in [0.1, 0.15) is 43.7 Å². The molecular weight excluding hydrogens is 258 g/mol. The van der Waals surface area contributed by atoms with Gasteiger partial charge in [-0.2, -0.15) is 0 Å². The van der Waals surface area contributed by atoms with Crippen molar-refractivity contribution in [1.29, 1.82) is 0 Å². The lowest BCUT2D eigenvalue weighted by Gasteiger charge is -2.28. The molecule has 1 atom stereocenters. The molecule has 0 spiro atoms. The quantitative estimate of drug-likeness (QED) is 0.896. The molecule has 1 unspecified atom stereocenters. The number of halogens is 2. The van der Waals surface area contributed by atoms with Crippen molar-refractivity contribution < 1.29 is 8.78 Å². The summed E-state index contributed by atoms with van der Waals surface area (Å²) >= 11 is 0. The van der Waals surface area contributed by atoms with Gasteiger partial charge < -0.3 is 10.6 Å². The van der Waals surface area contributed by atoms with Crippen molar-refractivity contribution in [1.82, 2.24) is 4.90 Å². The van der Waals surface area contributed by atoms with Gasteiger partial charge in [-0.25, -0.2) is 8.78 Å². The topological polar surface area (TPSA) is 29.3 Å². The molecule has 4 heteroatoms. The third-order valence-corrected chi connectivity index (χ3v) is 4.18. The third-order valence-electron chi connectivity index (χ3n) is 4.18. The molecule has 0 amide bonds. The first-order valence-electron chi connectivity index (χ1n) is 7.46. The lowest BCUT2D eigenvalue weighted by Crippen LogP contribution is -2.34. The van der Waals surface area contributed by atoms with E-state index in [1.807, 2.05) is 7.05 Å². The largest absolute Gasteiger partial charge is 0.323 e. The van der Waals surface area contributed by atoms with E-state index in [2.05, 4.69) is 4.90 Å². The van der Waals surface area contributed by atoms with Crippen molar-refractivity contribution in [2.75, 3.05) is 20.1 Å². The van der Waals surface area contributed by atoms with Crippen LogP contribution in [0.3, 0.4) is 0 Å². The van der Waals surface area contributed by atoms with Crippen LogP contribution in [0.25, 0.3) is 0 Å². The van der Waals surface area contributed by atoms with Crippen LogP contribution in [0.2, 0.25) is 0 Å². The van der Waals surface area contributed by atoms with Gasteiger partial charge in [0.2, 0.25) is 0 Å². The number of likely N-dealkylation sites (N-methyl/N-ethyl adjacent to an activating group) is 1. The van der Waals surface area contributed by atoms with E-state index in [0.29, 0.717) is 6.54 Å². The first kappa shape index (κ1) is 15.4. The van der Waals surface area contributed by atoms with Crippen LogP contribution in [-0.4, -0.2) is 25.0 Å². The van der Waals surface area contributed by atoms with Gasteiger partial charge in [-0.1, -0.05) is 31.4 Å². The number of hydrogen-bond acceptors (Lipinski definition) is 2. The van der Waals surface area contributed by atoms with Crippen molar-refractivity contribution in [3.8, 4) is 0 Å². The minimum absolute atomic E-state index is 0.264. The monoisotopic (exact) mass is 282 g/mol. The molecule has 1 aliphatic carbocycles. The highest BCUT2D eigenvalue weighted by Gasteiger charge is 2.19. The summed E-state index contributed by atoms with van der Waals surface area (Å²) in [6.45, 7) is 1.54. The Bertz CT molecular complexity index is 430. The number of nitrogens with zero attached hydrogens (tertiary/aromatic N) is 1. The lowest BCUT2D eigenvalue weighted by molar-refractivity contribution is 0.223. The molecule has 0 radical (unpaired) electrons.